The number of nitrogens with one attached hydrogen (secondary N) is 1. The van der Waals surface area contributed by atoms with Gasteiger partial charge in [-0.3, -0.25) is 9.59 Å². The Labute approximate surface area is 162 Å². The second-order valence-corrected chi connectivity index (χ2v) is 7.31. The summed E-state index contributed by atoms with van der Waals surface area (Å²) in [5.74, 6) is -1.02. The fourth-order valence-corrected chi connectivity index (χ4v) is 3.62. The molecule has 1 aliphatic carbocycles. The average Bonchev–Trinajstić information content (AvgIpc) is 3.14. The van der Waals surface area contributed by atoms with Gasteiger partial charge in [0.2, 0.25) is 5.91 Å². The smallest absolute Gasteiger partial charge is 0.271 e. The molecule has 1 aromatic carbocycles. The fraction of sp³-hybridized carbons (Fsp3) is 0.450. The molecule has 1 aromatic heterocycles. The number of methoxy groups -OCH3 is 1. The molecule has 1 saturated heterocycles. The normalized spacial score (nSPS) is 26.3. The molecule has 2 aliphatic rings. The van der Waals surface area contributed by atoms with Gasteiger partial charge in [-0.25, -0.2) is 9.37 Å². The number of ether oxygens (including phenoxy) is 1. The van der Waals surface area contributed by atoms with E-state index in [4.69, 9.17) is 4.74 Å². The first kappa shape index (κ1) is 18.6. The SMILES string of the molecule is CO[C@@H]1C[C@@H](CNC(=O)c2cn(-c3ccccc3)cn2)N(C(=O)[C@@H]2C[C@H]2F)C1. The van der Waals surface area contributed by atoms with Crippen molar-refractivity contribution >= 4 is 11.8 Å². The Kier molecular flexibility index (Phi) is 5.13. The number of para-hydroxylation sites is 1. The number of likely N-dealkylation sites (tertiary alicyclic amines) is 1. The number of rotatable bonds is 6. The number of carbonyl (C=O) groups is 2. The van der Waals surface area contributed by atoms with Crippen molar-refractivity contribution < 1.29 is 18.7 Å². The molecule has 2 fully saturated rings. The number of carbonyl (C=O) groups excluding carboxylic acids is 2. The summed E-state index contributed by atoms with van der Waals surface area (Å²) in [6.45, 7) is 0.716. The summed E-state index contributed by atoms with van der Waals surface area (Å²) >= 11 is 0. The molecule has 28 heavy (non-hydrogen) atoms. The summed E-state index contributed by atoms with van der Waals surface area (Å²) in [4.78, 5) is 30.8. The summed E-state index contributed by atoms with van der Waals surface area (Å²) in [5, 5.41) is 2.85. The first-order valence-corrected chi connectivity index (χ1v) is 9.41. The summed E-state index contributed by atoms with van der Waals surface area (Å²) in [6, 6.07) is 9.38. The van der Waals surface area contributed by atoms with Crippen LogP contribution in [0.15, 0.2) is 42.9 Å². The molecule has 1 aliphatic heterocycles. The van der Waals surface area contributed by atoms with Crippen LogP contribution in [0.3, 0.4) is 0 Å². The van der Waals surface area contributed by atoms with Crippen LogP contribution in [0.25, 0.3) is 5.69 Å². The predicted octanol–water partition coefficient (Wildman–Crippen LogP) is 1.58. The highest BCUT2D eigenvalue weighted by Crippen LogP contribution is 2.37. The lowest BCUT2D eigenvalue weighted by Crippen LogP contribution is -2.44. The second kappa shape index (κ2) is 7.71. The molecular formula is C20H23FN4O3. The molecule has 2 heterocycles. The zero-order valence-corrected chi connectivity index (χ0v) is 15.6. The molecule has 0 radical (unpaired) electrons. The number of hydrogen-bond donors (Lipinski definition) is 1. The zero-order chi connectivity index (χ0) is 19.7. The Morgan fingerprint density at radius 1 is 1.29 bits per heavy atom. The van der Waals surface area contributed by atoms with Crippen LogP contribution in [0.2, 0.25) is 0 Å². The molecule has 2 aromatic rings. The van der Waals surface area contributed by atoms with Crippen molar-refractivity contribution in [3.63, 3.8) is 0 Å². The first-order chi connectivity index (χ1) is 13.6. The molecule has 4 rings (SSSR count). The fourth-order valence-electron chi connectivity index (χ4n) is 3.62. The Morgan fingerprint density at radius 2 is 2.04 bits per heavy atom. The van der Waals surface area contributed by atoms with Gasteiger partial charge < -0.3 is 19.5 Å². The topological polar surface area (TPSA) is 76.5 Å². The Morgan fingerprint density at radius 3 is 2.71 bits per heavy atom. The van der Waals surface area contributed by atoms with E-state index in [1.165, 1.54) is 0 Å². The molecular weight excluding hydrogens is 363 g/mol. The molecule has 1 N–H and O–H groups in total. The van der Waals surface area contributed by atoms with Crippen LogP contribution < -0.4 is 5.32 Å². The molecule has 7 nitrogen and oxygen atoms in total. The van der Waals surface area contributed by atoms with Crippen molar-refractivity contribution in [2.45, 2.75) is 31.2 Å². The van der Waals surface area contributed by atoms with Gasteiger partial charge in [-0.05, 0) is 25.0 Å². The van der Waals surface area contributed by atoms with Crippen LogP contribution in [0.5, 0.6) is 0 Å². The summed E-state index contributed by atoms with van der Waals surface area (Å²) in [5.41, 5.74) is 1.21. The lowest BCUT2D eigenvalue weighted by molar-refractivity contribution is -0.134. The van der Waals surface area contributed by atoms with E-state index in [1.54, 1.807) is 29.1 Å². The molecule has 0 unspecified atom stereocenters. The van der Waals surface area contributed by atoms with E-state index in [9.17, 15) is 14.0 Å². The molecule has 8 heteroatoms. The summed E-state index contributed by atoms with van der Waals surface area (Å²) < 4.78 is 20.5. The maximum atomic E-state index is 13.3. The van der Waals surface area contributed by atoms with Crippen LogP contribution in [0.1, 0.15) is 23.3 Å². The van der Waals surface area contributed by atoms with E-state index >= 15 is 0 Å². The van der Waals surface area contributed by atoms with Crippen molar-refractivity contribution in [2.24, 2.45) is 5.92 Å². The number of benzene rings is 1. The van der Waals surface area contributed by atoms with Crippen LogP contribution in [0.4, 0.5) is 4.39 Å². The van der Waals surface area contributed by atoms with Gasteiger partial charge in [0.25, 0.3) is 5.91 Å². The van der Waals surface area contributed by atoms with E-state index in [0.29, 0.717) is 25.1 Å². The van der Waals surface area contributed by atoms with Crippen LogP contribution in [-0.2, 0) is 9.53 Å². The molecule has 0 spiro atoms. The standard InChI is InChI=1S/C20H23FN4O3/c1-28-15-7-14(25(10-15)20(27)16-8-17(16)21)9-22-19(26)18-11-24(12-23-18)13-5-3-2-4-6-13/h2-6,11-12,14-17H,7-10H2,1H3,(H,22,26)/t14-,15+,16+,17+/m0/s1. The number of halogens is 1. The molecule has 1 saturated carbocycles. The summed E-state index contributed by atoms with van der Waals surface area (Å²) in [6.07, 6.45) is 3.03. The number of imidazole rings is 1. The quantitative estimate of drug-likeness (QED) is 0.818. The minimum atomic E-state index is -1.04. The van der Waals surface area contributed by atoms with E-state index in [0.717, 1.165) is 5.69 Å². The third kappa shape index (κ3) is 3.77. The van der Waals surface area contributed by atoms with E-state index in [2.05, 4.69) is 10.3 Å². The summed E-state index contributed by atoms with van der Waals surface area (Å²) in [7, 11) is 1.60. The van der Waals surface area contributed by atoms with Gasteiger partial charge in [0, 0.05) is 32.1 Å². The van der Waals surface area contributed by atoms with Gasteiger partial charge in [-0.2, -0.15) is 0 Å². The van der Waals surface area contributed by atoms with Crippen molar-refractivity contribution in [3.05, 3.63) is 48.5 Å². The Balaban J connectivity index is 1.38. The van der Waals surface area contributed by atoms with Crippen LogP contribution >= 0.6 is 0 Å². The van der Waals surface area contributed by atoms with Crippen LogP contribution in [0, 0.1) is 5.92 Å². The minimum Gasteiger partial charge on any atom is -0.380 e. The highest BCUT2D eigenvalue weighted by Gasteiger charge is 2.49. The van der Waals surface area contributed by atoms with Crippen molar-refractivity contribution in [1.82, 2.24) is 19.8 Å². The van der Waals surface area contributed by atoms with Crippen molar-refractivity contribution in [3.8, 4) is 5.69 Å². The van der Waals surface area contributed by atoms with E-state index < -0.39 is 12.1 Å². The van der Waals surface area contributed by atoms with Gasteiger partial charge in [-0.15, -0.1) is 0 Å². The maximum Gasteiger partial charge on any atom is 0.271 e. The highest BCUT2D eigenvalue weighted by molar-refractivity contribution is 5.92. The lowest BCUT2D eigenvalue weighted by Gasteiger charge is -2.24. The number of amides is 2. The largest absolute Gasteiger partial charge is 0.380 e. The predicted molar refractivity (Wildman–Crippen MR) is 99.8 cm³/mol. The third-order valence-electron chi connectivity index (χ3n) is 5.39. The van der Waals surface area contributed by atoms with Crippen molar-refractivity contribution in [2.75, 3.05) is 20.2 Å². The monoisotopic (exact) mass is 386 g/mol. The average molecular weight is 386 g/mol. The zero-order valence-electron chi connectivity index (χ0n) is 15.6. The van der Waals surface area contributed by atoms with Gasteiger partial charge in [0.15, 0.2) is 0 Å². The molecule has 4 atom stereocenters. The van der Waals surface area contributed by atoms with Crippen LogP contribution in [-0.4, -0.2) is 64.8 Å². The van der Waals surface area contributed by atoms with Gasteiger partial charge in [0.05, 0.1) is 18.1 Å². The molecule has 0 bridgehead atoms. The van der Waals surface area contributed by atoms with E-state index in [1.807, 2.05) is 30.3 Å². The van der Waals surface area contributed by atoms with Gasteiger partial charge >= 0.3 is 0 Å². The van der Waals surface area contributed by atoms with E-state index in [-0.39, 0.29) is 30.5 Å². The number of aromatic nitrogens is 2. The lowest BCUT2D eigenvalue weighted by atomic mass is 10.2. The third-order valence-corrected chi connectivity index (χ3v) is 5.39. The Bertz CT molecular complexity index is 856. The number of nitrogens with zero attached hydrogens (tertiary/aromatic N) is 3. The Hall–Kier alpha value is -2.74. The number of hydrogen-bond acceptors (Lipinski definition) is 4. The molecule has 2 amide bonds. The van der Waals surface area contributed by atoms with Gasteiger partial charge in [-0.1, -0.05) is 18.2 Å². The first-order valence-electron chi connectivity index (χ1n) is 9.41. The maximum absolute atomic E-state index is 13.3. The second-order valence-electron chi connectivity index (χ2n) is 7.31. The molecule has 148 valence electrons. The minimum absolute atomic E-state index is 0.0973. The number of alkyl halides is 1. The highest BCUT2D eigenvalue weighted by atomic mass is 19.1. The van der Waals surface area contributed by atoms with Crippen molar-refractivity contribution in [1.29, 1.82) is 0 Å². The van der Waals surface area contributed by atoms with Gasteiger partial charge in [0.1, 0.15) is 18.2 Å².